The molecule has 1 aromatic heterocycles. The fourth-order valence-corrected chi connectivity index (χ4v) is 3.76. The normalized spacial score (nSPS) is 23.5. The minimum atomic E-state index is -0.424. The number of hydrogen-bond acceptors (Lipinski definition) is 4. The van der Waals surface area contributed by atoms with Crippen LogP contribution >= 0.6 is 0 Å². The Bertz CT molecular complexity index is 802. The van der Waals surface area contributed by atoms with Gasteiger partial charge in [0.05, 0.1) is 23.9 Å². The second-order valence-electron chi connectivity index (χ2n) is 6.84. The minimum absolute atomic E-state index is 0.145. The van der Waals surface area contributed by atoms with Crippen molar-refractivity contribution in [3.63, 3.8) is 0 Å². The molecule has 4 rings (SSSR count). The Balaban J connectivity index is 1.36. The number of imidazole rings is 1. The third-order valence-corrected chi connectivity index (χ3v) is 5.21. The lowest BCUT2D eigenvalue weighted by Crippen LogP contribution is -2.36. The maximum Gasteiger partial charge on any atom is 0.407 e. The summed E-state index contributed by atoms with van der Waals surface area (Å²) in [5.41, 5.74) is 1.57. The highest BCUT2D eigenvalue weighted by Crippen LogP contribution is 2.29. The zero-order chi connectivity index (χ0) is 17.3. The van der Waals surface area contributed by atoms with Gasteiger partial charge in [-0.05, 0) is 25.0 Å². The molecule has 1 atom stereocenters. The molecule has 0 unspecified atom stereocenters. The molecule has 7 nitrogen and oxygen atoms in total. The summed E-state index contributed by atoms with van der Waals surface area (Å²) in [6.07, 6.45) is 4.26. The van der Waals surface area contributed by atoms with E-state index < -0.39 is 5.60 Å². The van der Waals surface area contributed by atoms with Gasteiger partial charge < -0.3 is 19.5 Å². The standard InChI is InChI=1S/C18H22N4O3/c23-16(6-10-22-13-20-14-4-1-2-5-15(14)22)21-9-3-7-18(8-11-21)12-19-17(24)25-18/h1-2,4-5,13H,3,6-12H2,(H,19,24)/t18-/m1/s1. The van der Waals surface area contributed by atoms with Gasteiger partial charge in [-0.1, -0.05) is 12.1 Å². The molecule has 132 valence electrons. The lowest BCUT2D eigenvalue weighted by molar-refractivity contribution is -0.131. The topological polar surface area (TPSA) is 76.5 Å². The van der Waals surface area contributed by atoms with Crippen molar-refractivity contribution >= 4 is 23.0 Å². The number of nitrogens with one attached hydrogen (secondary N) is 1. The first-order chi connectivity index (χ1) is 12.2. The van der Waals surface area contributed by atoms with E-state index in [9.17, 15) is 9.59 Å². The summed E-state index contributed by atoms with van der Waals surface area (Å²) >= 11 is 0. The van der Waals surface area contributed by atoms with Crippen LogP contribution in [0.25, 0.3) is 11.0 Å². The average Bonchev–Trinajstić information content (AvgIpc) is 3.12. The van der Waals surface area contributed by atoms with Crippen molar-refractivity contribution in [1.29, 1.82) is 0 Å². The van der Waals surface area contributed by atoms with Gasteiger partial charge in [0.1, 0.15) is 5.60 Å². The third-order valence-electron chi connectivity index (χ3n) is 5.21. The van der Waals surface area contributed by atoms with Gasteiger partial charge in [-0.3, -0.25) is 4.79 Å². The van der Waals surface area contributed by atoms with Crippen LogP contribution in [0.4, 0.5) is 4.79 Å². The van der Waals surface area contributed by atoms with Crippen LogP contribution in [0.2, 0.25) is 0 Å². The summed E-state index contributed by atoms with van der Waals surface area (Å²) in [4.78, 5) is 30.2. The lowest BCUT2D eigenvalue weighted by Gasteiger charge is -2.25. The molecule has 2 aromatic rings. The Hall–Kier alpha value is -2.57. The second-order valence-corrected chi connectivity index (χ2v) is 6.84. The van der Waals surface area contributed by atoms with E-state index in [4.69, 9.17) is 4.74 Å². The van der Waals surface area contributed by atoms with E-state index in [1.54, 1.807) is 6.33 Å². The number of aromatic nitrogens is 2. The molecule has 0 radical (unpaired) electrons. The maximum atomic E-state index is 12.6. The molecule has 25 heavy (non-hydrogen) atoms. The maximum absolute atomic E-state index is 12.6. The fraction of sp³-hybridized carbons (Fsp3) is 0.500. The van der Waals surface area contributed by atoms with Gasteiger partial charge in [0.15, 0.2) is 0 Å². The highest BCUT2D eigenvalue weighted by Gasteiger charge is 2.41. The molecular formula is C18H22N4O3. The Morgan fingerprint density at radius 2 is 2.16 bits per heavy atom. The van der Waals surface area contributed by atoms with E-state index in [0.717, 1.165) is 30.4 Å². The molecule has 1 N–H and O–H groups in total. The monoisotopic (exact) mass is 342 g/mol. The molecular weight excluding hydrogens is 320 g/mol. The number of carbonyl (C=O) groups is 2. The van der Waals surface area contributed by atoms with Crippen molar-refractivity contribution in [2.45, 2.75) is 37.8 Å². The van der Waals surface area contributed by atoms with Gasteiger partial charge in [-0.25, -0.2) is 9.78 Å². The summed E-state index contributed by atoms with van der Waals surface area (Å²) in [7, 11) is 0. The Morgan fingerprint density at radius 3 is 3.00 bits per heavy atom. The molecule has 0 bridgehead atoms. The predicted octanol–water partition coefficient (Wildman–Crippen LogP) is 1.92. The summed E-state index contributed by atoms with van der Waals surface area (Å²) < 4.78 is 7.49. The molecule has 2 saturated heterocycles. The number of para-hydroxylation sites is 2. The molecule has 7 heteroatoms. The highest BCUT2D eigenvalue weighted by atomic mass is 16.6. The number of rotatable bonds is 3. The Labute approximate surface area is 146 Å². The first-order valence-electron chi connectivity index (χ1n) is 8.80. The van der Waals surface area contributed by atoms with Gasteiger partial charge in [-0.15, -0.1) is 0 Å². The van der Waals surface area contributed by atoms with Crippen LogP contribution in [0.5, 0.6) is 0 Å². The van der Waals surface area contributed by atoms with Crippen molar-refractivity contribution < 1.29 is 14.3 Å². The summed E-state index contributed by atoms with van der Waals surface area (Å²) in [5, 5.41) is 2.74. The Morgan fingerprint density at radius 1 is 1.28 bits per heavy atom. The predicted molar refractivity (Wildman–Crippen MR) is 92.0 cm³/mol. The highest BCUT2D eigenvalue weighted by molar-refractivity contribution is 5.77. The number of ether oxygens (including phenoxy) is 1. The summed E-state index contributed by atoms with van der Waals surface area (Å²) in [5.74, 6) is 0.145. The zero-order valence-corrected chi connectivity index (χ0v) is 14.1. The second kappa shape index (κ2) is 6.38. The van der Waals surface area contributed by atoms with E-state index in [-0.39, 0.29) is 12.0 Å². The number of likely N-dealkylation sites (tertiary alicyclic amines) is 1. The third kappa shape index (κ3) is 3.18. The van der Waals surface area contributed by atoms with Gasteiger partial charge in [0.25, 0.3) is 0 Å². The van der Waals surface area contributed by atoms with Gasteiger partial charge >= 0.3 is 6.09 Å². The summed E-state index contributed by atoms with van der Waals surface area (Å²) in [6, 6.07) is 7.93. The number of nitrogens with zero attached hydrogens (tertiary/aromatic N) is 3. The number of carbonyl (C=O) groups excluding carboxylic acids is 2. The van der Waals surface area contributed by atoms with Gasteiger partial charge in [0, 0.05) is 32.5 Å². The molecule has 0 saturated carbocycles. The van der Waals surface area contributed by atoms with Gasteiger partial charge in [-0.2, -0.15) is 0 Å². The molecule has 3 heterocycles. The zero-order valence-electron chi connectivity index (χ0n) is 14.1. The number of amides is 2. The molecule has 2 fully saturated rings. The number of benzene rings is 1. The smallest absolute Gasteiger partial charge is 0.407 e. The number of alkyl carbamates (subject to hydrolysis) is 1. The Kier molecular flexibility index (Phi) is 4.07. The molecule has 2 aliphatic rings. The molecule has 2 amide bonds. The van der Waals surface area contributed by atoms with Crippen molar-refractivity contribution in [3.05, 3.63) is 30.6 Å². The molecule has 0 aliphatic carbocycles. The van der Waals surface area contributed by atoms with Crippen molar-refractivity contribution in [1.82, 2.24) is 19.8 Å². The van der Waals surface area contributed by atoms with Crippen LogP contribution in [0.3, 0.4) is 0 Å². The quantitative estimate of drug-likeness (QED) is 0.924. The first-order valence-corrected chi connectivity index (χ1v) is 8.80. The van der Waals surface area contributed by atoms with Gasteiger partial charge in [0.2, 0.25) is 5.91 Å². The van der Waals surface area contributed by atoms with E-state index >= 15 is 0 Å². The minimum Gasteiger partial charge on any atom is -0.441 e. The number of aryl methyl sites for hydroxylation is 1. The van der Waals surface area contributed by atoms with Crippen LogP contribution < -0.4 is 5.32 Å². The van der Waals surface area contributed by atoms with E-state index in [2.05, 4.69) is 10.3 Å². The van der Waals surface area contributed by atoms with Crippen molar-refractivity contribution in [3.8, 4) is 0 Å². The van der Waals surface area contributed by atoms with E-state index in [1.807, 2.05) is 33.7 Å². The molecule has 2 aliphatic heterocycles. The van der Waals surface area contributed by atoms with E-state index in [0.29, 0.717) is 32.5 Å². The van der Waals surface area contributed by atoms with Crippen LogP contribution in [0.1, 0.15) is 25.7 Å². The first kappa shape index (κ1) is 15.9. The lowest BCUT2D eigenvalue weighted by atomic mass is 9.95. The number of fused-ring (bicyclic) bond motifs is 1. The van der Waals surface area contributed by atoms with Crippen molar-refractivity contribution in [2.24, 2.45) is 0 Å². The van der Waals surface area contributed by atoms with Crippen LogP contribution in [-0.4, -0.2) is 51.7 Å². The van der Waals surface area contributed by atoms with Crippen LogP contribution in [0.15, 0.2) is 30.6 Å². The van der Waals surface area contributed by atoms with E-state index in [1.165, 1.54) is 0 Å². The van der Waals surface area contributed by atoms with Crippen LogP contribution in [-0.2, 0) is 16.1 Å². The SMILES string of the molecule is O=C1NC[C@]2(CCCN(C(=O)CCn3cnc4ccccc43)CC2)O1. The molecule has 1 spiro atoms. The van der Waals surface area contributed by atoms with Crippen molar-refractivity contribution in [2.75, 3.05) is 19.6 Å². The fourth-order valence-electron chi connectivity index (χ4n) is 3.76. The summed E-state index contributed by atoms with van der Waals surface area (Å²) in [6.45, 7) is 2.54. The number of hydrogen-bond donors (Lipinski definition) is 1. The average molecular weight is 342 g/mol. The molecule has 1 aromatic carbocycles. The largest absolute Gasteiger partial charge is 0.441 e. The van der Waals surface area contributed by atoms with Crippen LogP contribution in [0, 0.1) is 0 Å².